The van der Waals surface area contributed by atoms with Crippen LogP contribution < -0.4 is 0 Å². The van der Waals surface area contributed by atoms with Gasteiger partial charge in [-0.2, -0.15) is 0 Å². The van der Waals surface area contributed by atoms with Gasteiger partial charge in [0.05, 0.1) is 5.71 Å². The van der Waals surface area contributed by atoms with Crippen LogP contribution in [0.25, 0.3) is 0 Å². The normalized spacial score (nSPS) is 17.0. The van der Waals surface area contributed by atoms with Crippen LogP contribution in [0.5, 0.6) is 0 Å². The van der Waals surface area contributed by atoms with Crippen LogP contribution in [0.3, 0.4) is 0 Å². The van der Waals surface area contributed by atoms with Crippen LogP contribution in [0.1, 0.15) is 39.5 Å². The molecule has 0 spiro atoms. The molecule has 1 amide bonds. The molecule has 1 heterocycles. The Kier molecular flexibility index (Phi) is 4.59. The molecule has 0 atom stereocenters. The fraction of sp³-hybridized carbons (Fsp3) is 0.818. The van der Waals surface area contributed by atoms with Gasteiger partial charge in [0, 0.05) is 32.4 Å². The molecule has 0 saturated carbocycles. The molecule has 1 saturated heterocycles. The van der Waals surface area contributed by atoms with Crippen molar-refractivity contribution >= 4 is 11.6 Å². The molecule has 0 aromatic carbocycles. The first-order chi connectivity index (χ1) is 7.13. The van der Waals surface area contributed by atoms with E-state index in [0.717, 1.165) is 12.1 Å². The van der Waals surface area contributed by atoms with Crippen LogP contribution in [-0.2, 0) is 4.79 Å². The number of oxime groups is 1. The van der Waals surface area contributed by atoms with Gasteiger partial charge in [0.25, 0.3) is 0 Å². The quantitative estimate of drug-likeness (QED) is 0.573. The Bertz CT molecular complexity index is 239. The van der Waals surface area contributed by atoms with Crippen molar-refractivity contribution in [3.63, 3.8) is 0 Å². The molecular weight excluding hydrogens is 192 g/mol. The lowest BCUT2D eigenvalue weighted by molar-refractivity contribution is -0.131. The summed E-state index contributed by atoms with van der Waals surface area (Å²) in [5.74, 6) is 0.814. The van der Waals surface area contributed by atoms with E-state index in [1.54, 1.807) is 0 Å². The van der Waals surface area contributed by atoms with Crippen molar-refractivity contribution in [2.24, 2.45) is 11.1 Å². The van der Waals surface area contributed by atoms with E-state index in [1.165, 1.54) is 0 Å². The summed E-state index contributed by atoms with van der Waals surface area (Å²) < 4.78 is 0. The first-order valence-corrected chi connectivity index (χ1v) is 5.61. The van der Waals surface area contributed by atoms with Crippen molar-refractivity contribution in [1.29, 1.82) is 0 Å². The molecule has 1 N–H and O–H groups in total. The predicted octanol–water partition coefficient (Wildman–Crippen LogP) is 1.88. The van der Waals surface area contributed by atoms with Gasteiger partial charge in [0.15, 0.2) is 0 Å². The van der Waals surface area contributed by atoms with Gasteiger partial charge in [-0.05, 0) is 12.3 Å². The topological polar surface area (TPSA) is 52.9 Å². The molecule has 0 aromatic heterocycles. The molecule has 1 fully saturated rings. The fourth-order valence-electron chi connectivity index (χ4n) is 1.68. The third kappa shape index (κ3) is 3.90. The molecule has 0 unspecified atom stereocenters. The molecule has 1 aliphatic heterocycles. The number of hydrogen-bond acceptors (Lipinski definition) is 3. The zero-order valence-corrected chi connectivity index (χ0v) is 9.57. The van der Waals surface area contributed by atoms with Crippen molar-refractivity contribution in [3.8, 4) is 0 Å². The Morgan fingerprint density at radius 2 is 2.07 bits per heavy atom. The molecule has 0 aliphatic carbocycles. The zero-order valence-electron chi connectivity index (χ0n) is 9.57. The Morgan fingerprint density at radius 1 is 1.47 bits per heavy atom. The average molecular weight is 212 g/mol. The van der Waals surface area contributed by atoms with Crippen molar-refractivity contribution in [2.75, 3.05) is 13.1 Å². The number of carbonyl (C=O) groups excluding carboxylic acids is 1. The van der Waals surface area contributed by atoms with E-state index < -0.39 is 0 Å². The van der Waals surface area contributed by atoms with E-state index in [1.807, 2.05) is 4.90 Å². The van der Waals surface area contributed by atoms with E-state index in [2.05, 4.69) is 19.0 Å². The highest BCUT2D eigenvalue weighted by atomic mass is 16.4. The van der Waals surface area contributed by atoms with Crippen LogP contribution >= 0.6 is 0 Å². The number of hydrogen-bond donors (Lipinski definition) is 1. The fourth-order valence-corrected chi connectivity index (χ4v) is 1.68. The number of piperidine rings is 1. The molecule has 86 valence electrons. The first kappa shape index (κ1) is 12.0. The van der Waals surface area contributed by atoms with E-state index >= 15 is 0 Å². The Balaban J connectivity index is 2.30. The van der Waals surface area contributed by atoms with Gasteiger partial charge in [0.2, 0.25) is 5.91 Å². The van der Waals surface area contributed by atoms with Gasteiger partial charge in [-0.25, -0.2) is 0 Å². The summed E-state index contributed by atoms with van der Waals surface area (Å²) in [5.41, 5.74) is 0.808. The maximum absolute atomic E-state index is 11.7. The molecule has 1 aliphatic rings. The van der Waals surface area contributed by atoms with Crippen molar-refractivity contribution in [3.05, 3.63) is 0 Å². The Hall–Kier alpha value is -1.06. The number of nitrogens with zero attached hydrogens (tertiary/aromatic N) is 2. The molecule has 4 nitrogen and oxygen atoms in total. The average Bonchev–Trinajstić information content (AvgIpc) is 2.26. The van der Waals surface area contributed by atoms with Crippen molar-refractivity contribution in [1.82, 2.24) is 4.90 Å². The highest BCUT2D eigenvalue weighted by molar-refractivity contribution is 5.87. The number of amides is 1. The third-order valence-corrected chi connectivity index (χ3v) is 2.77. The van der Waals surface area contributed by atoms with Gasteiger partial charge in [-0.3, -0.25) is 4.79 Å². The van der Waals surface area contributed by atoms with Crippen LogP contribution in [0.2, 0.25) is 0 Å². The van der Waals surface area contributed by atoms with Gasteiger partial charge in [-0.1, -0.05) is 19.0 Å². The SMILES string of the molecule is CC(C)CCC(=O)N1CCC(=NO)CC1. The molecule has 4 heteroatoms. The predicted molar refractivity (Wildman–Crippen MR) is 59.1 cm³/mol. The lowest BCUT2D eigenvalue weighted by atomic mass is 10.1. The maximum atomic E-state index is 11.7. The zero-order chi connectivity index (χ0) is 11.3. The number of likely N-dealkylation sites (tertiary alicyclic amines) is 1. The highest BCUT2D eigenvalue weighted by Crippen LogP contribution is 2.11. The molecule has 0 aromatic rings. The summed E-state index contributed by atoms with van der Waals surface area (Å²) in [6.45, 7) is 5.66. The van der Waals surface area contributed by atoms with Gasteiger partial charge in [-0.15, -0.1) is 0 Å². The molecule has 0 bridgehead atoms. The second-order valence-electron chi connectivity index (χ2n) is 4.48. The smallest absolute Gasteiger partial charge is 0.222 e. The van der Waals surface area contributed by atoms with Gasteiger partial charge in [0.1, 0.15) is 0 Å². The second-order valence-corrected chi connectivity index (χ2v) is 4.48. The Morgan fingerprint density at radius 3 is 2.53 bits per heavy atom. The minimum Gasteiger partial charge on any atom is -0.411 e. The summed E-state index contributed by atoms with van der Waals surface area (Å²) >= 11 is 0. The summed E-state index contributed by atoms with van der Waals surface area (Å²) in [4.78, 5) is 13.6. The molecule has 0 radical (unpaired) electrons. The van der Waals surface area contributed by atoms with E-state index in [4.69, 9.17) is 5.21 Å². The maximum Gasteiger partial charge on any atom is 0.222 e. The molecule has 1 rings (SSSR count). The second kappa shape index (κ2) is 5.73. The van der Waals surface area contributed by atoms with E-state index in [0.29, 0.717) is 38.3 Å². The summed E-state index contributed by atoms with van der Waals surface area (Å²) in [6.07, 6.45) is 3.02. The number of carbonyl (C=O) groups is 1. The summed E-state index contributed by atoms with van der Waals surface area (Å²) in [5, 5.41) is 11.8. The van der Waals surface area contributed by atoms with Crippen LogP contribution in [0, 0.1) is 5.92 Å². The standard InChI is InChI=1S/C11H20N2O2/c1-9(2)3-4-11(14)13-7-5-10(12-15)6-8-13/h9,15H,3-8H2,1-2H3. The lowest BCUT2D eigenvalue weighted by Crippen LogP contribution is -2.38. The summed E-state index contributed by atoms with van der Waals surface area (Å²) in [7, 11) is 0. The summed E-state index contributed by atoms with van der Waals surface area (Å²) in [6, 6.07) is 0. The molecular formula is C11H20N2O2. The van der Waals surface area contributed by atoms with Crippen LogP contribution in [0.4, 0.5) is 0 Å². The van der Waals surface area contributed by atoms with Crippen molar-refractivity contribution < 1.29 is 10.0 Å². The van der Waals surface area contributed by atoms with Gasteiger partial charge >= 0.3 is 0 Å². The van der Waals surface area contributed by atoms with Crippen LogP contribution in [-0.4, -0.2) is 34.8 Å². The van der Waals surface area contributed by atoms with E-state index in [9.17, 15) is 4.79 Å². The first-order valence-electron chi connectivity index (χ1n) is 5.61. The number of rotatable bonds is 3. The largest absolute Gasteiger partial charge is 0.411 e. The highest BCUT2D eigenvalue weighted by Gasteiger charge is 2.19. The lowest BCUT2D eigenvalue weighted by Gasteiger charge is -2.27. The minimum absolute atomic E-state index is 0.237. The molecule has 15 heavy (non-hydrogen) atoms. The van der Waals surface area contributed by atoms with Crippen LogP contribution in [0.15, 0.2) is 5.16 Å². The van der Waals surface area contributed by atoms with Crippen molar-refractivity contribution in [2.45, 2.75) is 39.5 Å². The Labute approximate surface area is 90.9 Å². The van der Waals surface area contributed by atoms with E-state index in [-0.39, 0.29) is 5.91 Å². The van der Waals surface area contributed by atoms with Gasteiger partial charge < -0.3 is 10.1 Å². The third-order valence-electron chi connectivity index (χ3n) is 2.77. The minimum atomic E-state index is 0.237. The monoisotopic (exact) mass is 212 g/mol.